The topological polar surface area (TPSA) is 75.3 Å². The minimum atomic E-state index is -3.36. The summed E-state index contributed by atoms with van der Waals surface area (Å²) in [6.07, 6.45) is 4.11. The molecule has 0 fully saturated rings. The van der Waals surface area contributed by atoms with E-state index < -0.39 is 10.0 Å². The predicted molar refractivity (Wildman–Crippen MR) is 107 cm³/mol. The molecule has 8 heteroatoms. The Morgan fingerprint density at radius 3 is 2.50 bits per heavy atom. The lowest BCUT2D eigenvalue weighted by molar-refractivity contribution is -0.117. The number of carbonyl (C=O) groups excluding carboxylic acids is 1. The number of rotatable bonds is 6. The van der Waals surface area contributed by atoms with Crippen molar-refractivity contribution in [3.8, 4) is 0 Å². The third-order valence-electron chi connectivity index (χ3n) is 3.42. The maximum atomic E-state index is 12.1. The first kappa shape index (κ1) is 20.3. The van der Waals surface area contributed by atoms with Gasteiger partial charge in [0.1, 0.15) is 0 Å². The molecular formula is C18H18Cl2N2O3S. The lowest BCUT2D eigenvalue weighted by Crippen LogP contribution is -2.24. The fourth-order valence-corrected chi connectivity index (χ4v) is 3.08. The van der Waals surface area contributed by atoms with Crippen molar-refractivity contribution in [2.45, 2.75) is 13.0 Å². The SMILES string of the molecule is C[C@@H](NC(=O)/C=C/c1ccc(Cl)c(Cl)c1)c1cccc(NS(C)(=O)=O)c1. The zero-order chi connectivity index (χ0) is 19.3. The van der Waals surface area contributed by atoms with E-state index in [0.29, 0.717) is 15.7 Å². The van der Waals surface area contributed by atoms with E-state index in [0.717, 1.165) is 17.4 Å². The number of benzene rings is 2. The number of anilines is 1. The molecule has 2 rings (SSSR count). The van der Waals surface area contributed by atoms with Crippen LogP contribution in [0.3, 0.4) is 0 Å². The van der Waals surface area contributed by atoms with Crippen molar-refractivity contribution in [3.05, 3.63) is 69.7 Å². The number of halogens is 2. The lowest BCUT2D eigenvalue weighted by Gasteiger charge is -2.14. The lowest BCUT2D eigenvalue weighted by atomic mass is 10.1. The van der Waals surface area contributed by atoms with Gasteiger partial charge in [0.05, 0.1) is 22.3 Å². The van der Waals surface area contributed by atoms with Crippen molar-refractivity contribution in [1.29, 1.82) is 0 Å². The van der Waals surface area contributed by atoms with E-state index >= 15 is 0 Å². The summed E-state index contributed by atoms with van der Waals surface area (Å²) in [4.78, 5) is 12.1. The molecule has 0 aromatic heterocycles. The normalized spacial score (nSPS) is 12.8. The Morgan fingerprint density at radius 2 is 1.85 bits per heavy atom. The van der Waals surface area contributed by atoms with E-state index in [9.17, 15) is 13.2 Å². The molecule has 2 N–H and O–H groups in total. The second-order valence-electron chi connectivity index (χ2n) is 5.74. The third-order valence-corrected chi connectivity index (χ3v) is 4.76. The summed E-state index contributed by atoms with van der Waals surface area (Å²) in [5.74, 6) is -0.287. The molecule has 0 heterocycles. The molecule has 0 saturated carbocycles. The molecule has 0 aliphatic carbocycles. The number of nitrogens with one attached hydrogen (secondary N) is 2. The molecule has 26 heavy (non-hydrogen) atoms. The summed E-state index contributed by atoms with van der Waals surface area (Å²) >= 11 is 11.8. The fourth-order valence-electron chi connectivity index (χ4n) is 2.22. The minimum Gasteiger partial charge on any atom is -0.346 e. The van der Waals surface area contributed by atoms with Crippen molar-refractivity contribution in [2.24, 2.45) is 0 Å². The Hall–Kier alpha value is -2.02. The van der Waals surface area contributed by atoms with E-state index in [4.69, 9.17) is 23.2 Å². The van der Waals surface area contributed by atoms with Gasteiger partial charge in [-0.3, -0.25) is 9.52 Å². The quantitative estimate of drug-likeness (QED) is 0.695. The zero-order valence-corrected chi connectivity index (χ0v) is 16.5. The van der Waals surface area contributed by atoms with Crippen LogP contribution >= 0.6 is 23.2 Å². The van der Waals surface area contributed by atoms with Crippen molar-refractivity contribution in [1.82, 2.24) is 5.32 Å². The molecule has 0 saturated heterocycles. The Labute approximate surface area is 163 Å². The molecule has 138 valence electrons. The molecule has 2 aromatic carbocycles. The summed E-state index contributed by atoms with van der Waals surface area (Å²) in [6, 6.07) is 11.6. The summed E-state index contributed by atoms with van der Waals surface area (Å²) in [6.45, 7) is 1.81. The van der Waals surface area contributed by atoms with Gasteiger partial charge in [0.25, 0.3) is 0 Å². The van der Waals surface area contributed by atoms with Gasteiger partial charge in [-0.05, 0) is 48.4 Å². The summed E-state index contributed by atoms with van der Waals surface area (Å²) in [5.41, 5.74) is 1.97. The maximum absolute atomic E-state index is 12.1. The van der Waals surface area contributed by atoms with Crippen LogP contribution in [0.4, 0.5) is 5.69 Å². The van der Waals surface area contributed by atoms with Crippen LogP contribution in [0.15, 0.2) is 48.5 Å². The highest BCUT2D eigenvalue weighted by molar-refractivity contribution is 7.92. The van der Waals surface area contributed by atoms with E-state index in [1.165, 1.54) is 6.08 Å². The molecule has 1 amide bonds. The minimum absolute atomic E-state index is 0.287. The highest BCUT2D eigenvalue weighted by Crippen LogP contribution is 2.23. The Bertz CT molecular complexity index is 943. The van der Waals surface area contributed by atoms with Gasteiger partial charge in [0, 0.05) is 11.8 Å². The average molecular weight is 413 g/mol. The number of carbonyl (C=O) groups is 1. The molecule has 1 atom stereocenters. The van der Waals surface area contributed by atoms with Crippen LogP contribution in [-0.4, -0.2) is 20.6 Å². The average Bonchev–Trinajstić information content (AvgIpc) is 2.54. The second-order valence-corrected chi connectivity index (χ2v) is 8.30. The summed E-state index contributed by atoms with van der Waals surface area (Å²) in [5, 5.41) is 3.68. The fraction of sp³-hybridized carbons (Fsp3) is 0.167. The van der Waals surface area contributed by atoms with Crippen molar-refractivity contribution in [2.75, 3.05) is 11.0 Å². The van der Waals surface area contributed by atoms with Crippen LogP contribution in [0.1, 0.15) is 24.1 Å². The Kier molecular flexibility index (Phi) is 6.69. The maximum Gasteiger partial charge on any atom is 0.244 e. The van der Waals surface area contributed by atoms with Crippen LogP contribution < -0.4 is 10.0 Å². The van der Waals surface area contributed by atoms with Crippen LogP contribution in [0.5, 0.6) is 0 Å². The van der Waals surface area contributed by atoms with E-state index in [2.05, 4.69) is 10.0 Å². The van der Waals surface area contributed by atoms with Crippen LogP contribution in [0.2, 0.25) is 10.0 Å². The molecule has 0 bridgehead atoms. The van der Waals surface area contributed by atoms with Gasteiger partial charge in [-0.1, -0.05) is 41.4 Å². The summed E-state index contributed by atoms with van der Waals surface area (Å²) < 4.78 is 25.0. The zero-order valence-electron chi connectivity index (χ0n) is 14.2. The molecule has 0 aliphatic heterocycles. The highest BCUT2D eigenvalue weighted by atomic mass is 35.5. The molecule has 0 aliphatic rings. The first-order valence-electron chi connectivity index (χ1n) is 7.65. The molecular weight excluding hydrogens is 395 g/mol. The van der Waals surface area contributed by atoms with Gasteiger partial charge < -0.3 is 5.32 Å². The summed E-state index contributed by atoms with van der Waals surface area (Å²) in [7, 11) is -3.36. The van der Waals surface area contributed by atoms with Gasteiger partial charge in [-0.2, -0.15) is 0 Å². The van der Waals surface area contributed by atoms with Crippen molar-refractivity contribution in [3.63, 3.8) is 0 Å². The monoisotopic (exact) mass is 412 g/mol. The van der Waals surface area contributed by atoms with Gasteiger partial charge in [-0.15, -0.1) is 0 Å². The third kappa shape index (κ3) is 6.37. The van der Waals surface area contributed by atoms with E-state index in [1.54, 1.807) is 48.5 Å². The number of hydrogen-bond acceptors (Lipinski definition) is 3. The van der Waals surface area contributed by atoms with Crippen LogP contribution in [0.25, 0.3) is 6.08 Å². The van der Waals surface area contributed by atoms with Crippen molar-refractivity contribution >= 4 is 50.9 Å². The van der Waals surface area contributed by atoms with Crippen molar-refractivity contribution < 1.29 is 13.2 Å². The van der Waals surface area contributed by atoms with Gasteiger partial charge in [-0.25, -0.2) is 8.42 Å². The molecule has 5 nitrogen and oxygen atoms in total. The predicted octanol–water partition coefficient (Wildman–Crippen LogP) is 4.26. The second kappa shape index (κ2) is 8.58. The Morgan fingerprint density at radius 1 is 1.12 bits per heavy atom. The largest absolute Gasteiger partial charge is 0.346 e. The highest BCUT2D eigenvalue weighted by Gasteiger charge is 2.09. The first-order chi connectivity index (χ1) is 12.1. The standard InChI is InChI=1S/C18H18Cl2N2O3S/c1-12(14-4-3-5-15(11-14)22-26(2,24)25)21-18(23)9-7-13-6-8-16(19)17(20)10-13/h3-12,22H,1-2H3,(H,21,23)/b9-7+/t12-/m1/s1. The number of hydrogen-bond donors (Lipinski definition) is 2. The number of sulfonamides is 1. The molecule has 0 spiro atoms. The smallest absolute Gasteiger partial charge is 0.244 e. The van der Waals surface area contributed by atoms with Crippen LogP contribution in [0, 0.1) is 0 Å². The molecule has 0 unspecified atom stereocenters. The van der Waals surface area contributed by atoms with Crippen LogP contribution in [-0.2, 0) is 14.8 Å². The number of amides is 1. The molecule has 0 radical (unpaired) electrons. The van der Waals surface area contributed by atoms with Gasteiger partial charge >= 0.3 is 0 Å². The van der Waals surface area contributed by atoms with Gasteiger partial charge in [0.15, 0.2) is 0 Å². The van der Waals surface area contributed by atoms with E-state index in [1.807, 2.05) is 6.92 Å². The van der Waals surface area contributed by atoms with Gasteiger partial charge in [0.2, 0.25) is 15.9 Å². The molecule has 2 aromatic rings. The first-order valence-corrected chi connectivity index (χ1v) is 10.3. The Balaban J connectivity index is 2.03. The van der Waals surface area contributed by atoms with E-state index in [-0.39, 0.29) is 11.9 Å².